The van der Waals surface area contributed by atoms with Gasteiger partial charge < -0.3 is 4.74 Å². The number of carbonyl (C=O) groups excluding carboxylic acids is 1. The van der Waals surface area contributed by atoms with Gasteiger partial charge in [0, 0.05) is 0 Å². The van der Waals surface area contributed by atoms with Gasteiger partial charge in [-0.25, -0.2) is 0 Å². The van der Waals surface area contributed by atoms with E-state index in [0.717, 1.165) is 5.56 Å². The summed E-state index contributed by atoms with van der Waals surface area (Å²) in [7, 11) is 0. The maximum Gasteiger partial charge on any atom is 0.314 e. The van der Waals surface area contributed by atoms with E-state index in [1.54, 1.807) is 0 Å². The summed E-state index contributed by atoms with van der Waals surface area (Å²) < 4.78 is 4.92. The normalized spacial score (nSPS) is 11.5. The van der Waals surface area contributed by atoms with Gasteiger partial charge in [-0.3, -0.25) is 4.79 Å². The van der Waals surface area contributed by atoms with Crippen molar-refractivity contribution in [3.63, 3.8) is 0 Å². The van der Waals surface area contributed by atoms with Crippen LogP contribution in [0.5, 0.6) is 0 Å². The molecule has 0 spiro atoms. The molecule has 2 heteroatoms. The van der Waals surface area contributed by atoms with Crippen LogP contribution in [0.2, 0.25) is 0 Å². The zero-order valence-corrected chi connectivity index (χ0v) is 8.77. The summed E-state index contributed by atoms with van der Waals surface area (Å²) in [5.41, 5.74) is 0.974. The van der Waals surface area contributed by atoms with Crippen molar-refractivity contribution >= 4 is 5.97 Å². The van der Waals surface area contributed by atoms with Crippen LogP contribution in [0.1, 0.15) is 24.8 Å². The molecular weight excluding hydrogens is 188 g/mol. The van der Waals surface area contributed by atoms with E-state index in [2.05, 4.69) is 5.92 Å². The lowest BCUT2D eigenvalue weighted by Gasteiger charge is -2.13. The lowest BCUT2D eigenvalue weighted by molar-refractivity contribution is -0.144. The highest BCUT2D eigenvalue weighted by atomic mass is 16.5. The maximum absolute atomic E-state index is 11.6. The van der Waals surface area contributed by atoms with Gasteiger partial charge in [-0.15, -0.1) is 6.42 Å². The zero-order chi connectivity index (χ0) is 11.1. The number of benzene rings is 1. The Morgan fingerprint density at radius 2 is 2.13 bits per heavy atom. The fraction of sp³-hybridized carbons (Fsp3) is 0.308. The highest BCUT2D eigenvalue weighted by Gasteiger charge is 2.19. The van der Waals surface area contributed by atoms with Crippen molar-refractivity contribution in [2.24, 2.45) is 0 Å². The standard InChI is InChI=1S/C13H14O2/c1-3-10-15-13(14)12(4-2)11-8-6-5-7-9-11/h1,5-9,12H,4,10H2,2H3. The van der Waals surface area contributed by atoms with Gasteiger partial charge in [0.05, 0.1) is 5.92 Å². The fourth-order valence-electron chi connectivity index (χ4n) is 1.44. The van der Waals surface area contributed by atoms with Gasteiger partial charge in [0.2, 0.25) is 0 Å². The van der Waals surface area contributed by atoms with Crippen LogP contribution in [0.25, 0.3) is 0 Å². The van der Waals surface area contributed by atoms with Gasteiger partial charge in [-0.1, -0.05) is 43.2 Å². The van der Waals surface area contributed by atoms with Gasteiger partial charge >= 0.3 is 5.97 Å². The minimum Gasteiger partial charge on any atom is -0.452 e. The first kappa shape index (κ1) is 11.3. The van der Waals surface area contributed by atoms with Gasteiger partial charge in [-0.2, -0.15) is 0 Å². The number of esters is 1. The second-order valence-corrected chi connectivity index (χ2v) is 3.18. The van der Waals surface area contributed by atoms with Gasteiger partial charge in [0.25, 0.3) is 0 Å². The lowest BCUT2D eigenvalue weighted by atomic mass is 9.97. The Kier molecular flexibility index (Phi) is 4.43. The minimum absolute atomic E-state index is 0.0438. The minimum atomic E-state index is -0.248. The second-order valence-electron chi connectivity index (χ2n) is 3.18. The van der Waals surface area contributed by atoms with E-state index in [9.17, 15) is 4.79 Å². The summed E-state index contributed by atoms with van der Waals surface area (Å²) in [4.78, 5) is 11.6. The molecule has 15 heavy (non-hydrogen) atoms. The third kappa shape index (κ3) is 3.14. The molecule has 0 radical (unpaired) electrons. The molecule has 0 amide bonds. The summed E-state index contributed by atoms with van der Waals surface area (Å²) in [5, 5.41) is 0. The Morgan fingerprint density at radius 1 is 1.47 bits per heavy atom. The molecule has 0 aliphatic rings. The number of hydrogen-bond donors (Lipinski definition) is 0. The van der Waals surface area contributed by atoms with E-state index in [-0.39, 0.29) is 18.5 Å². The Morgan fingerprint density at radius 3 is 2.67 bits per heavy atom. The summed E-state index contributed by atoms with van der Waals surface area (Å²) in [6.45, 7) is 2.00. The third-order valence-corrected chi connectivity index (χ3v) is 2.19. The molecular formula is C13H14O2. The van der Waals surface area contributed by atoms with Crippen molar-refractivity contribution in [1.29, 1.82) is 0 Å². The first-order valence-corrected chi connectivity index (χ1v) is 4.94. The monoisotopic (exact) mass is 202 g/mol. The van der Waals surface area contributed by atoms with Crippen molar-refractivity contribution in [3.8, 4) is 12.3 Å². The average Bonchev–Trinajstić information content (AvgIpc) is 2.29. The van der Waals surface area contributed by atoms with Crippen LogP contribution in [0.3, 0.4) is 0 Å². The first-order chi connectivity index (χ1) is 7.29. The third-order valence-electron chi connectivity index (χ3n) is 2.19. The molecule has 0 bridgehead atoms. The molecule has 1 unspecified atom stereocenters. The number of rotatable bonds is 4. The number of ether oxygens (including phenoxy) is 1. The molecule has 1 aromatic rings. The van der Waals surface area contributed by atoms with Crippen LogP contribution in [-0.4, -0.2) is 12.6 Å². The van der Waals surface area contributed by atoms with Crippen molar-refractivity contribution in [1.82, 2.24) is 0 Å². The molecule has 0 aromatic heterocycles. The SMILES string of the molecule is C#CCOC(=O)C(CC)c1ccccc1. The number of hydrogen-bond acceptors (Lipinski definition) is 2. The van der Waals surface area contributed by atoms with Gasteiger partial charge in [0.1, 0.15) is 0 Å². The molecule has 0 saturated carbocycles. The van der Waals surface area contributed by atoms with Crippen LogP contribution in [0, 0.1) is 12.3 Å². The van der Waals surface area contributed by atoms with Crippen molar-refractivity contribution < 1.29 is 9.53 Å². The van der Waals surface area contributed by atoms with Crippen LogP contribution >= 0.6 is 0 Å². The first-order valence-electron chi connectivity index (χ1n) is 4.94. The summed E-state index contributed by atoms with van der Waals surface area (Å²) in [6.07, 6.45) is 5.75. The van der Waals surface area contributed by atoms with E-state index < -0.39 is 0 Å². The summed E-state index contributed by atoms with van der Waals surface area (Å²) in [5.74, 6) is 1.83. The Labute approximate surface area is 90.3 Å². The topological polar surface area (TPSA) is 26.3 Å². The van der Waals surface area contributed by atoms with Gasteiger partial charge in [0.15, 0.2) is 6.61 Å². The molecule has 1 aromatic carbocycles. The number of terminal acetylenes is 1. The van der Waals surface area contributed by atoms with E-state index in [1.807, 2.05) is 37.3 Å². The molecule has 0 aliphatic carbocycles. The second kappa shape index (κ2) is 5.87. The smallest absolute Gasteiger partial charge is 0.314 e. The van der Waals surface area contributed by atoms with Crippen LogP contribution in [-0.2, 0) is 9.53 Å². The molecule has 0 N–H and O–H groups in total. The number of carbonyl (C=O) groups is 1. The predicted octanol–water partition coefficient (Wildman–Crippen LogP) is 2.36. The molecule has 0 fully saturated rings. The Bertz CT molecular complexity index is 349. The summed E-state index contributed by atoms with van der Waals surface area (Å²) >= 11 is 0. The van der Waals surface area contributed by atoms with Crippen molar-refractivity contribution in [2.75, 3.05) is 6.61 Å². The Hall–Kier alpha value is -1.75. The van der Waals surface area contributed by atoms with E-state index in [1.165, 1.54) is 0 Å². The zero-order valence-electron chi connectivity index (χ0n) is 8.77. The largest absolute Gasteiger partial charge is 0.452 e. The predicted molar refractivity (Wildman–Crippen MR) is 59.3 cm³/mol. The molecule has 2 nitrogen and oxygen atoms in total. The molecule has 0 aliphatic heterocycles. The Balaban J connectivity index is 2.72. The lowest BCUT2D eigenvalue weighted by Crippen LogP contribution is -2.15. The van der Waals surface area contributed by atoms with Crippen LogP contribution in [0.15, 0.2) is 30.3 Å². The maximum atomic E-state index is 11.6. The molecule has 78 valence electrons. The van der Waals surface area contributed by atoms with E-state index >= 15 is 0 Å². The molecule has 0 heterocycles. The summed E-state index contributed by atoms with van der Waals surface area (Å²) in [6, 6.07) is 9.58. The fourth-order valence-corrected chi connectivity index (χ4v) is 1.44. The average molecular weight is 202 g/mol. The van der Waals surface area contributed by atoms with Crippen molar-refractivity contribution in [2.45, 2.75) is 19.3 Å². The quantitative estimate of drug-likeness (QED) is 0.553. The van der Waals surface area contributed by atoms with E-state index in [0.29, 0.717) is 6.42 Å². The van der Waals surface area contributed by atoms with E-state index in [4.69, 9.17) is 11.2 Å². The molecule has 0 saturated heterocycles. The van der Waals surface area contributed by atoms with Gasteiger partial charge in [-0.05, 0) is 12.0 Å². The highest BCUT2D eigenvalue weighted by molar-refractivity contribution is 5.78. The molecule has 1 rings (SSSR count). The molecule has 1 atom stereocenters. The van der Waals surface area contributed by atoms with Crippen molar-refractivity contribution in [3.05, 3.63) is 35.9 Å². The van der Waals surface area contributed by atoms with Crippen LogP contribution < -0.4 is 0 Å². The van der Waals surface area contributed by atoms with Crippen LogP contribution in [0.4, 0.5) is 0 Å². The highest BCUT2D eigenvalue weighted by Crippen LogP contribution is 2.20.